The number of nitrogens with two attached hydrogens (primary N) is 1. The fourth-order valence-electron chi connectivity index (χ4n) is 1.69. The number of pyridine rings is 1. The molecular formula is C15H16N4O2. The maximum absolute atomic E-state index is 12.0. The molecular weight excluding hydrogens is 268 g/mol. The Hall–Kier alpha value is -2.89. The third kappa shape index (κ3) is 3.56. The van der Waals surface area contributed by atoms with Gasteiger partial charge in [-0.1, -0.05) is 0 Å². The van der Waals surface area contributed by atoms with Crippen LogP contribution in [0, 0.1) is 0 Å². The van der Waals surface area contributed by atoms with Crippen LogP contribution in [0.25, 0.3) is 0 Å². The number of anilines is 2. The van der Waals surface area contributed by atoms with Gasteiger partial charge in [-0.3, -0.25) is 9.59 Å². The third-order valence-electron chi connectivity index (χ3n) is 2.81. The van der Waals surface area contributed by atoms with Gasteiger partial charge >= 0.3 is 0 Å². The monoisotopic (exact) mass is 284 g/mol. The third-order valence-corrected chi connectivity index (χ3v) is 2.81. The van der Waals surface area contributed by atoms with Crippen LogP contribution < -0.4 is 11.1 Å². The Morgan fingerprint density at radius 2 is 1.76 bits per heavy atom. The van der Waals surface area contributed by atoms with Gasteiger partial charge in [0.05, 0.1) is 11.9 Å². The van der Waals surface area contributed by atoms with E-state index in [4.69, 9.17) is 5.73 Å². The molecule has 3 N–H and O–H groups in total. The van der Waals surface area contributed by atoms with E-state index >= 15 is 0 Å². The predicted octanol–water partition coefficient (Wildman–Crippen LogP) is 1.62. The SMILES string of the molecule is CN(C)C(=O)c1ccc(NC(=O)c2ccc(N)cn2)cc1. The van der Waals surface area contributed by atoms with Crippen LogP contribution in [-0.4, -0.2) is 35.8 Å². The van der Waals surface area contributed by atoms with Gasteiger partial charge in [0.2, 0.25) is 0 Å². The molecule has 0 aliphatic heterocycles. The number of hydrogen-bond acceptors (Lipinski definition) is 4. The molecule has 2 aromatic rings. The van der Waals surface area contributed by atoms with Gasteiger partial charge in [-0.25, -0.2) is 4.98 Å². The zero-order valence-electron chi connectivity index (χ0n) is 11.8. The van der Waals surface area contributed by atoms with Crippen LogP contribution in [0.1, 0.15) is 20.8 Å². The molecule has 0 saturated heterocycles. The maximum atomic E-state index is 12.0. The first-order valence-corrected chi connectivity index (χ1v) is 6.32. The highest BCUT2D eigenvalue weighted by Crippen LogP contribution is 2.12. The molecule has 0 aliphatic carbocycles. The Morgan fingerprint density at radius 3 is 2.29 bits per heavy atom. The fourth-order valence-corrected chi connectivity index (χ4v) is 1.69. The molecule has 0 bridgehead atoms. The molecule has 6 heteroatoms. The largest absolute Gasteiger partial charge is 0.397 e. The smallest absolute Gasteiger partial charge is 0.274 e. The fraction of sp³-hybridized carbons (Fsp3) is 0.133. The Labute approximate surface area is 122 Å². The van der Waals surface area contributed by atoms with Crippen LogP contribution >= 0.6 is 0 Å². The average molecular weight is 284 g/mol. The van der Waals surface area contributed by atoms with Gasteiger partial charge in [0.1, 0.15) is 5.69 Å². The number of hydrogen-bond donors (Lipinski definition) is 2. The molecule has 108 valence electrons. The van der Waals surface area contributed by atoms with Crippen molar-refractivity contribution in [3.05, 3.63) is 53.9 Å². The Balaban J connectivity index is 2.08. The molecule has 0 atom stereocenters. The van der Waals surface area contributed by atoms with Gasteiger partial charge in [0.25, 0.3) is 11.8 Å². The van der Waals surface area contributed by atoms with Gasteiger partial charge in [-0.05, 0) is 36.4 Å². The number of amides is 2. The zero-order chi connectivity index (χ0) is 15.4. The number of rotatable bonds is 3. The average Bonchev–Trinajstić information content (AvgIpc) is 2.47. The lowest BCUT2D eigenvalue weighted by atomic mass is 10.2. The summed E-state index contributed by atoms with van der Waals surface area (Å²) >= 11 is 0. The second-order valence-corrected chi connectivity index (χ2v) is 4.71. The molecule has 1 heterocycles. The first-order valence-electron chi connectivity index (χ1n) is 6.32. The highest BCUT2D eigenvalue weighted by Gasteiger charge is 2.10. The van der Waals surface area contributed by atoms with Crippen molar-refractivity contribution in [2.24, 2.45) is 0 Å². The first-order chi connectivity index (χ1) is 9.97. The lowest BCUT2D eigenvalue weighted by Crippen LogP contribution is -2.21. The van der Waals surface area contributed by atoms with E-state index in [0.717, 1.165) is 0 Å². The number of nitrogen functional groups attached to an aromatic ring is 1. The molecule has 0 fully saturated rings. The summed E-state index contributed by atoms with van der Waals surface area (Å²) in [7, 11) is 3.37. The van der Waals surface area contributed by atoms with Crippen molar-refractivity contribution in [2.75, 3.05) is 25.1 Å². The highest BCUT2D eigenvalue weighted by atomic mass is 16.2. The van der Waals surface area contributed by atoms with E-state index in [-0.39, 0.29) is 17.5 Å². The van der Waals surface area contributed by atoms with Crippen LogP contribution in [-0.2, 0) is 0 Å². The van der Waals surface area contributed by atoms with Gasteiger partial charge in [-0.15, -0.1) is 0 Å². The standard InChI is InChI=1S/C15H16N4O2/c1-19(2)15(21)10-3-6-12(7-4-10)18-14(20)13-8-5-11(16)9-17-13/h3-9H,16H2,1-2H3,(H,18,20). The number of nitrogens with one attached hydrogen (secondary N) is 1. The Morgan fingerprint density at radius 1 is 1.10 bits per heavy atom. The predicted molar refractivity (Wildman–Crippen MR) is 81.1 cm³/mol. The van der Waals surface area contributed by atoms with Crippen molar-refractivity contribution in [3.8, 4) is 0 Å². The number of carbonyl (C=O) groups excluding carboxylic acids is 2. The van der Waals surface area contributed by atoms with E-state index in [1.807, 2.05) is 0 Å². The topological polar surface area (TPSA) is 88.3 Å². The summed E-state index contributed by atoms with van der Waals surface area (Å²) in [6.45, 7) is 0. The molecule has 0 aliphatic rings. The second-order valence-electron chi connectivity index (χ2n) is 4.71. The molecule has 2 amide bonds. The van der Waals surface area contributed by atoms with E-state index in [2.05, 4.69) is 10.3 Å². The van der Waals surface area contributed by atoms with Gasteiger partial charge in [-0.2, -0.15) is 0 Å². The number of aromatic nitrogens is 1. The molecule has 1 aromatic carbocycles. The molecule has 0 spiro atoms. The lowest BCUT2D eigenvalue weighted by Gasteiger charge is -2.11. The quantitative estimate of drug-likeness (QED) is 0.896. The Bertz CT molecular complexity index is 648. The van der Waals surface area contributed by atoms with Crippen LogP contribution in [0.4, 0.5) is 11.4 Å². The minimum atomic E-state index is -0.332. The minimum absolute atomic E-state index is 0.0897. The summed E-state index contributed by atoms with van der Waals surface area (Å²) in [6, 6.07) is 9.83. The van der Waals surface area contributed by atoms with E-state index in [1.165, 1.54) is 11.1 Å². The zero-order valence-corrected chi connectivity index (χ0v) is 11.8. The molecule has 2 rings (SSSR count). The summed E-state index contributed by atoms with van der Waals surface area (Å²) in [5, 5.41) is 2.71. The molecule has 1 aromatic heterocycles. The summed E-state index contributed by atoms with van der Waals surface area (Å²) in [4.78, 5) is 29.1. The van der Waals surface area contributed by atoms with E-state index in [9.17, 15) is 9.59 Å². The number of benzene rings is 1. The van der Waals surface area contributed by atoms with Crippen molar-refractivity contribution >= 4 is 23.2 Å². The Kier molecular flexibility index (Phi) is 4.18. The van der Waals surface area contributed by atoms with E-state index in [0.29, 0.717) is 16.9 Å². The van der Waals surface area contributed by atoms with Gasteiger partial charge in [0, 0.05) is 25.3 Å². The highest BCUT2D eigenvalue weighted by molar-refractivity contribution is 6.03. The van der Waals surface area contributed by atoms with Crippen molar-refractivity contribution < 1.29 is 9.59 Å². The van der Waals surface area contributed by atoms with E-state index in [1.54, 1.807) is 50.5 Å². The van der Waals surface area contributed by atoms with Crippen LogP contribution in [0.15, 0.2) is 42.6 Å². The van der Waals surface area contributed by atoms with Crippen molar-refractivity contribution in [1.29, 1.82) is 0 Å². The van der Waals surface area contributed by atoms with Crippen molar-refractivity contribution in [2.45, 2.75) is 0 Å². The number of nitrogens with zero attached hydrogens (tertiary/aromatic N) is 2. The normalized spacial score (nSPS) is 10.0. The van der Waals surface area contributed by atoms with Crippen molar-refractivity contribution in [1.82, 2.24) is 9.88 Å². The molecule has 0 radical (unpaired) electrons. The lowest BCUT2D eigenvalue weighted by molar-refractivity contribution is 0.0827. The van der Waals surface area contributed by atoms with E-state index < -0.39 is 0 Å². The van der Waals surface area contributed by atoms with Gasteiger partial charge in [0.15, 0.2) is 0 Å². The molecule has 0 unspecified atom stereocenters. The number of carbonyl (C=O) groups is 2. The summed E-state index contributed by atoms with van der Waals surface area (Å²) < 4.78 is 0. The van der Waals surface area contributed by atoms with Crippen LogP contribution in [0.3, 0.4) is 0 Å². The first kappa shape index (κ1) is 14.5. The minimum Gasteiger partial charge on any atom is -0.397 e. The maximum Gasteiger partial charge on any atom is 0.274 e. The van der Waals surface area contributed by atoms with Crippen LogP contribution in [0.2, 0.25) is 0 Å². The summed E-state index contributed by atoms with van der Waals surface area (Å²) in [5.74, 6) is -0.422. The van der Waals surface area contributed by atoms with Crippen molar-refractivity contribution in [3.63, 3.8) is 0 Å². The summed E-state index contributed by atoms with van der Waals surface area (Å²) in [6.07, 6.45) is 1.42. The van der Waals surface area contributed by atoms with Gasteiger partial charge < -0.3 is 16.0 Å². The molecule has 21 heavy (non-hydrogen) atoms. The molecule has 0 saturated carbocycles. The molecule has 6 nitrogen and oxygen atoms in total. The van der Waals surface area contributed by atoms with Crippen LogP contribution in [0.5, 0.6) is 0 Å². The summed E-state index contributed by atoms with van der Waals surface area (Å²) in [5.41, 5.74) is 7.44. The second kappa shape index (κ2) is 6.04.